The molecule has 3 nitrogen and oxygen atoms in total. The minimum atomic E-state index is -1.24. The molecule has 0 radical (unpaired) electrons. The Bertz CT molecular complexity index is 368. The van der Waals surface area contributed by atoms with Crippen LogP contribution in [0.25, 0.3) is 0 Å². The Balaban J connectivity index is 2.69. The molecule has 0 aliphatic rings. The van der Waals surface area contributed by atoms with Crippen LogP contribution in [0.5, 0.6) is 0 Å². The Morgan fingerprint density at radius 1 is 1.50 bits per heavy atom. The van der Waals surface area contributed by atoms with Crippen molar-refractivity contribution in [3.8, 4) is 0 Å². The minimum Gasteiger partial charge on any atom is -0.468 e. The maximum Gasteiger partial charge on any atom is 0.322 e. The van der Waals surface area contributed by atoms with Gasteiger partial charge < -0.3 is 10.5 Å². The number of benzene rings is 1. The van der Waals surface area contributed by atoms with E-state index in [9.17, 15) is 9.18 Å². The van der Waals surface area contributed by atoms with Crippen LogP contribution in [0.15, 0.2) is 24.3 Å². The fraction of sp³-hybridized carbons (Fsp3) is 0.417. The van der Waals surface area contributed by atoms with Crippen LogP contribution < -0.4 is 5.73 Å². The first-order chi connectivity index (χ1) is 7.56. The van der Waals surface area contributed by atoms with Gasteiger partial charge in [0.25, 0.3) is 0 Å². The molecular weight excluding hydrogens is 209 g/mol. The summed E-state index contributed by atoms with van der Waals surface area (Å²) in [5.74, 6) is -0.587. The first kappa shape index (κ1) is 12.6. The molecule has 0 saturated heterocycles. The van der Waals surface area contributed by atoms with E-state index in [0.717, 1.165) is 5.56 Å². The van der Waals surface area contributed by atoms with Crippen LogP contribution in [-0.2, 0) is 9.53 Å². The van der Waals surface area contributed by atoms with Gasteiger partial charge in [-0.05, 0) is 18.1 Å². The molecule has 1 rings (SSSR count). The van der Waals surface area contributed by atoms with Crippen molar-refractivity contribution in [2.75, 3.05) is 7.11 Å². The molecule has 2 N–H and O–H groups in total. The molecular formula is C12H16FNO2. The zero-order valence-electron chi connectivity index (χ0n) is 9.44. The third kappa shape index (κ3) is 3.03. The fourth-order valence-electron chi connectivity index (χ4n) is 1.54. The first-order valence-electron chi connectivity index (χ1n) is 5.09. The van der Waals surface area contributed by atoms with E-state index in [-0.39, 0.29) is 6.42 Å². The number of carbonyl (C=O) groups excluding carboxylic acids is 1. The second-order valence-electron chi connectivity index (χ2n) is 3.69. The van der Waals surface area contributed by atoms with Gasteiger partial charge in [-0.1, -0.05) is 24.3 Å². The van der Waals surface area contributed by atoms with Crippen molar-refractivity contribution < 1.29 is 13.9 Å². The van der Waals surface area contributed by atoms with Crippen molar-refractivity contribution in [1.29, 1.82) is 0 Å². The number of hydrogen-bond acceptors (Lipinski definition) is 3. The molecule has 16 heavy (non-hydrogen) atoms. The molecule has 0 aliphatic carbocycles. The Kier molecular flexibility index (Phi) is 4.43. The van der Waals surface area contributed by atoms with E-state index in [1.54, 1.807) is 12.1 Å². The highest BCUT2D eigenvalue weighted by atomic mass is 19.1. The lowest BCUT2D eigenvalue weighted by Crippen LogP contribution is -2.32. The van der Waals surface area contributed by atoms with Gasteiger partial charge in [-0.3, -0.25) is 4.79 Å². The topological polar surface area (TPSA) is 52.3 Å². The zero-order chi connectivity index (χ0) is 12.1. The Morgan fingerprint density at radius 3 is 2.69 bits per heavy atom. The maximum absolute atomic E-state index is 13.9. The van der Waals surface area contributed by atoms with Crippen molar-refractivity contribution in [3.05, 3.63) is 35.4 Å². The summed E-state index contributed by atoms with van der Waals surface area (Å²) in [6, 6.07) is 6.21. The quantitative estimate of drug-likeness (QED) is 0.796. The molecule has 1 aromatic rings. The van der Waals surface area contributed by atoms with E-state index in [0.29, 0.717) is 5.56 Å². The average Bonchev–Trinajstić information content (AvgIpc) is 2.28. The molecule has 1 aromatic carbocycles. The molecule has 0 aromatic heterocycles. The predicted octanol–water partition coefficient (Wildman–Crippen LogP) is 1.90. The van der Waals surface area contributed by atoms with Crippen molar-refractivity contribution in [2.24, 2.45) is 5.73 Å². The molecule has 0 heterocycles. The Morgan fingerprint density at radius 2 is 2.12 bits per heavy atom. The third-order valence-electron chi connectivity index (χ3n) is 2.49. The van der Waals surface area contributed by atoms with Crippen molar-refractivity contribution in [1.82, 2.24) is 0 Å². The molecule has 2 atom stereocenters. The second kappa shape index (κ2) is 5.61. The van der Waals surface area contributed by atoms with Crippen LogP contribution in [0.2, 0.25) is 0 Å². The maximum atomic E-state index is 13.9. The normalized spacial score (nSPS) is 14.2. The van der Waals surface area contributed by atoms with E-state index in [4.69, 9.17) is 5.73 Å². The number of alkyl halides is 1. The van der Waals surface area contributed by atoms with Gasteiger partial charge in [0, 0.05) is 6.42 Å². The number of hydrogen-bond donors (Lipinski definition) is 1. The molecule has 0 fully saturated rings. The summed E-state index contributed by atoms with van der Waals surface area (Å²) >= 11 is 0. The lowest BCUT2D eigenvalue weighted by atomic mass is 9.99. The SMILES string of the molecule is COC(=O)C(N)CC(F)c1ccccc1C. The second-order valence-corrected chi connectivity index (χ2v) is 3.69. The van der Waals surface area contributed by atoms with Gasteiger partial charge in [-0.15, -0.1) is 0 Å². The molecule has 0 bridgehead atoms. The molecule has 0 aliphatic heterocycles. The number of nitrogens with two attached hydrogens (primary N) is 1. The summed E-state index contributed by atoms with van der Waals surface area (Å²) in [7, 11) is 1.24. The molecule has 4 heteroatoms. The highest BCUT2D eigenvalue weighted by molar-refractivity contribution is 5.75. The van der Waals surface area contributed by atoms with E-state index in [1.807, 2.05) is 19.1 Å². The summed E-state index contributed by atoms with van der Waals surface area (Å²) in [6.45, 7) is 1.82. The van der Waals surface area contributed by atoms with Gasteiger partial charge in [-0.25, -0.2) is 4.39 Å². The summed E-state index contributed by atoms with van der Waals surface area (Å²) in [4.78, 5) is 11.0. The van der Waals surface area contributed by atoms with Crippen LogP contribution in [0.1, 0.15) is 23.7 Å². The Hall–Kier alpha value is -1.42. The fourth-order valence-corrected chi connectivity index (χ4v) is 1.54. The monoisotopic (exact) mass is 225 g/mol. The summed E-state index contributed by atoms with van der Waals surface area (Å²) < 4.78 is 18.3. The molecule has 0 amide bonds. The third-order valence-corrected chi connectivity index (χ3v) is 2.49. The molecule has 0 saturated carbocycles. The highest BCUT2D eigenvalue weighted by Crippen LogP contribution is 2.25. The van der Waals surface area contributed by atoms with Gasteiger partial charge in [0.05, 0.1) is 7.11 Å². The number of ether oxygens (including phenoxy) is 1. The van der Waals surface area contributed by atoms with Crippen molar-refractivity contribution in [3.63, 3.8) is 0 Å². The zero-order valence-corrected chi connectivity index (χ0v) is 9.44. The number of esters is 1. The van der Waals surface area contributed by atoms with Crippen LogP contribution in [0.3, 0.4) is 0 Å². The largest absolute Gasteiger partial charge is 0.468 e. The smallest absolute Gasteiger partial charge is 0.322 e. The minimum absolute atomic E-state index is 0.0580. The Labute approximate surface area is 94.4 Å². The van der Waals surface area contributed by atoms with Gasteiger partial charge in [0.2, 0.25) is 0 Å². The van der Waals surface area contributed by atoms with E-state index in [2.05, 4.69) is 4.74 Å². The van der Waals surface area contributed by atoms with Crippen molar-refractivity contribution >= 4 is 5.97 Å². The van der Waals surface area contributed by atoms with Gasteiger partial charge >= 0.3 is 5.97 Å². The number of carbonyl (C=O) groups is 1. The molecule has 2 unspecified atom stereocenters. The predicted molar refractivity (Wildman–Crippen MR) is 59.6 cm³/mol. The number of aryl methyl sites for hydroxylation is 1. The number of halogens is 1. The van der Waals surface area contributed by atoms with E-state index >= 15 is 0 Å². The summed E-state index contributed by atoms with van der Waals surface area (Å²) in [6.07, 6.45) is -1.30. The average molecular weight is 225 g/mol. The lowest BCUT2D eigenvalue weighted by Gasteiger charge is -2.14. The standard InChI is InChI=1S/C12H16FNO2/c1-8-5-3-4-6-9(8)10(13)7-11(14)12(15)16-2/h3-6,10-11H,7,14H2,1-2H3. The van der Waals surface area contributed by atoms with E-state index in [1.165, 1.54) is 7.11 Å². The van der Waals surface area contributed by atoms with Crippen LogP contribution in [0.4, 0.5) is 4.39 Å². The van der Waals surface area contributed by atoms with Crippen LogP contribution >= 0.6 is 0 Å². The lowest BCUT2D eigenvalue weighted by molar-refractivity contribution is -0.142. The van der Waals surface area contributed by atoms with Crippen LogP contribution in [-0.4, -0.2) is 19.1 Å². The molecule has 0 spiro atoms. The number of methoxy groups -OCH3 is 1. The van der Waals surface area contributed by atoms with Crippen LogP contribution in [0, 0.1) is 6.92 Å². The highest BCUT2D eigenvalue weighted by Gasteiger charge is 2.21. The van der Waals surface area contributed by atoms with Gasteiger partial charge in [-0.2, -0.15) is 0 Å². The van der Waals surface area contributed by atoms with Crippen molar-refractivity contribution in [2.45, 2.75) is 25.6 Å². The van der Waals surface area contributed by atoms with Gasteiger partial charge in [0.15, 0.2) is 0 Å². The number of rotatable bonds is 4. The molecule has 88 valence electrons. The van der Waals surface area contributed by atoms with Gasteiger partial charge in [0.1, 0.15) is 12.2 Å². The summed E-state index contributed by atoms with van der Waals surface area (Å²) in [5, 5.41) is 0. The summed E-state index contributed by atoms with van der Waals surface area (Å²) in [5.41, 5.74) is 6.93. The first-order valence-corrected chi connectivity index (χ1v) is 5.09. The van der Waals surface area contributed by atoms with E-state index < -0.39 is 18.2 Å².